The number of benzene rings is 2. The first-order valence-corrected chi connectivity index (χ1v) is 7.81. The van der Waals surface area contributed by atoms with Crippen molar-refractivity contribution < 1.29 is 14.1 Å². The van der Waals surface area contributed by atoms with Gasteiger partial charge in [-0.25, -0.2) is 0 Å². The van der Waals surface area contributed by atoms with Crippen molar-refractivity contribution in [2.45, 2.75) is 0 Å². The van der Waals surface area contributed by atoms with Crippen molar-refractivity contribution in [1.82, 2.24) is 0 Å². The number of furan rings is 1. The lowest BCUT2D eigenvalue weighted by atomic mass is 10.2. The Morgan fingerprint density at radius 3 is 2.48 bits per heavy atom. The van der Waals surface area contributed by atoms with Gasteiger partial charge in [-0.15, -0.1) is 0 Å². The Morgan fingerprint density at radius 2 is 1.80 bits per heavy atom. The Bertz CT molecular complexity index is 969. The third-order valence-electron chi connectivity index (χ3n) is 3.38. The van der Waals surface area contributed by atoms with Crippen molar-refractivity contribution in [3.63, 3.8) is 0 Å². The minimum absolute atomic E-state index is 0.0560. The van der Waals surface area contributed by atoms with E-state index in [-0.39, 0.29) is 22.2 Å². The number of carbonyl (C=O) groups is 1. The molecular formula is C17H10Cl2N2O4. The first kappa shape index (κ1) is 17.0. The van der Waals surface area contributed by atoms with Crippen LogP contribution >= 0.6 is 23.2 Å². The smallest absolute Gasteiger partial charge is 0.291 e. The summed E-state index contributed by atoms with van der Waals surface area (Å²) in [4.78, 5) is 22.4. The number of rotatable bonds is 4. The molecule has 0 fully saturated rings. The second-order valence-electron chi connectivity index (χ2n) is 5.02. The first-order valence-electron chi connectivity index (χ1n) is 7.06. The molecule has 126 valence electrons. The molecule has 1 aromatic heterocycles. The summed E-state index contributed by atoms with van der Waals surface area (Å²) >= 11 is 12.1. The third kappa shape index (κ3) is 3.65. The highest BCUT2D eigenvalue weighted by Crippen LogP contribution is 2.30. The van der Waals surface area contributed by atoms with Crippen LogP contribution in [0.5, 0.6) is 0 Å². The van der Waals surface area contributed by atoms with E-state index in [1.54, 1.807) is 30.3 Å². The number of amides is 1. The average molecular weight is 377 g/mol. The van der Waals surface area contributed by atoms with E-state index in [9.17, 15) is 14.9 Å². The van der Waals surface area contributed by atoms with E-state index in [1.165, 1.54) is 18.2 Å². The fourth-order valence-electron chi connectivity index (χ4n) is 2.17. The van der Waals surface area contributed by atoms with Gasteiger partial charge in [0.15, 0.2) is 5.76 Å². The molecule has 8 heteroatoms. The number of nitro benzene ring substituents is 1. The summed E-state index contributed by atoms with van der Waals surface area (Å²) in [6.45, 7) is 0. The summed E-state index contributed by atoms with van der Waals surface area (Å²) in [5.41, 5.74) is 0.742. The van der Waals surface area contributed by atoms with Crippen LogP contribution in [0.4, 0.5) is 11.4 Å². The van der Waals surface area contributed by atoms with Gasteiger partial charge in [-0.2, -0.15) is 0 Å². The van der Waals surface area contributed by atoms with E-state index < -0.39 is 10.8 Å². The van der Waals surface area contributed by atoms with Crippen LogP contribution in [-0.2, 0) is 0 Å². The Balaban J connectivity index is 1.81. The molecule has 0 atom stereocenters. The van der Waals surface area contributed by atoms with E-state index in [1.807, 2.05) is 0 Å². The van der Waals surface area contributed by atoms with E-state index in [0.29, 0.717) is 16.3 Å². The topological polar surface area (TPSA) is 85.4 Å². The van der Waals surface area contributed by atoms with Crippen LogP contribution in [0, 0.1) is 10.1 Å². The minimum atomic E-state index is -0.570. The normalized spacial score (nSPS) is 10.5. The molecule has 2 aromatic carbocycles. The molecule has 1 amide bonds. The predicted molar refractivity (Wildman–Crippen MR) is 95.2 cm³/mol. The van der Waals surface area contributed by atoms with Crippen LogP contribution in [0.15, 0.2) is 59.0 Å². The van der Waals surface area contributed by atoms with Crippen LogP contribution in [0.25, 0.3) is 11.3 Å². The summed E-state index contributed by atoms with van der Waals surface area (Å²) in [6.07, 6.45) is 0. The van der Waals surface area contributed by atoms with Gasteiger partial charge in [0.25, 0.3) is 11.6 Å². The van der Waals surface area contributed by atoms with Crippen molar-refractivity contribution >= 4 is 40.5 Å². The largest absolute Gasteiger partial charge is 0.451 e. The van der Waals surface area contributed by atoms with Crippen molar-refractivity contribution in [3.05, 3.63) is 80.5 Å². The molecular weight excluding hydrogens is 367 g/mol. The van der Waals surface area contributed by atoms with Crippen molar-refractivity contribution in [2.75, 3.05) is 5.32 Å². The Morgan fingerprint density at radius 1 is 1.04 bits per heavy atom. The van der Waals surface area contributed by atoms with E-state index in [2.05, 4.69) is 5.32 Å². The van der Waals surface area contributed by atoms with Gasteiger partial charge in [-0.1, -0.05) is 35.3 Å². The van der Waals surface area contributed by atoms with Crippen LogP contribution in [0.3, 0.4) is 0 Å². The number of anilines is 1. The number of nitro groups is 1. The first-order chi connectivity index (χ1) is 12.0. The van der Waals surface area contributed by atoms with Crippen molar-refractivity contribution in [2.24, 2.45) is 0 Å². The van der Waals surface area contributed by atoms with Gasteiger partial charge in [-0.05, 0) is 30.3 Å². The van der Waals surface area contributed by atoms with Crippen LogP contribution < -0.4 is 5.32 Å². The van der Waals surface area contributed by atoms with E-state index >= 15 is 0 Å². The SMILES string of the molecule is O=C(Nc1ccc([N+](=O)[O-])cc1Cl)c1ccc(-c2ccccc2Cl)o1. The maximum Gasteiger partial charge on any atom is 0.291 e. The molecule has 3 rings (SSSR count). The second-order valence-corrected chi connectivity index (χ2v) is 5.83. The molecule has 0 saturated carbocycles. The predicted octanol–water partition coefficient (Wildman–Crippen LogP) is 5.41. The van der Waals surface area contributed by atoms with Crippen molar-refractivity contribution in [3.8, 4) is 11.3 Å². The summed E-state index contributed by atoms with van der Waals surface area (Å²) in [5.74, 6) is -0.0241. The fourth-order valence-corrected chi connectivity index (χ4v) is 2.62. The number of halogens is 2. The molecule has 25 heavy (non-hydrogen) atoms. The molecule has 0 aliphatic carbocycles. The lowest BCUT2D eigenvalue weighted by Crippen LogP contribution is -2.11. The number of hydrogen-bond donors (Lipinski definition) is 1. The lowest BCUT2D eigenvalue weighted by Gasteiger charge is -2.05. The number of hydrogen-bond acceptors (Lipinski definition) is 4. The lowest BCUT2D eigenvalue weighted by molar-refractivity contribution is -0.384. The third-order valence-corrected chi connectivity index (χ3v) is 4.02. The van der Waals surface area contributed by atoms with E-state index in [0.717, 1.165) is 6.07 Å². The summed E-state index contributed by atoms with van der Waals surface area (Å²) in [7, 11) is 0. The summed E-state index contributed by atoms with van der Waals surface area (Å²) in [6, 6.07) is 14.0. The Labute approximate surface area is 152 Å². The highest BCUT2D eigenvalue weighted by Gasteiger charge is 2.16. The van der Waals surface area contributed by atoms with Crippen molar-refractivity contribution in [1.29, 1.82) is 0 Å². The van der Waals surface area contributed by atoms with Crippen LogP contribution in [0.1, 0.15) is 10.6 Å². The zero-order chi connectivity index (χ0) is 18.0. The molecule has 1 N–H and O–H groups in total. The quantitative estimate of drug-likeness (QED) is 0.486. The number of non-ortho nitro benzene ring substituents is 1. The summed E-state index contributed by atoms with van der Waals surface area (Å²) < 4.78 is 5.54. The molecule has 1 heterocycles. The van der Waals surface area contributed by atoms with Gasteiger partial charge in [0.05, 0.1) is 20.7 Å². The number of nitrogens with one attached hydrogen (secondary N) is 1. The van der Waals surface area contributed by atoms with Gasteiger partial charge >= 0.3 is 0 Å². The van der Waals surface area contributed by atoms with Gasteiger partial charge in [0.2, 0.25) is 0 Å². The highest BCUT2D eigenvalue weighted by molar-refractivity contribution is 6.34. The maximum atomic E-state index is 12.3. The van der Waals surface area contributed by atoms with Gasteiger partial charge < -0.3 is 9.73 Å². The standard InChI is InChI=1S/C17H10Cl2N2O4/c18-12-4-2-1-3-11(12)15-7-8-16(25-15)17(22)20-14-6-5-10(21(23)24)9-13(14)19/h1-9H,(H,20,22). The maximum absolute atomic E-state index is 12.3. The molecule has 3 aromatic rings. The monoisotopic (exact) mass is 376 g/mol. The minimum Gasteiger partial charge on any atom is -0.451 e. The fraction of sp³-hybridized carbons (Fsp3) is 0. The van der Waals surface area contributed by atoms with Gasteiger partial charge in [-0.3, -0.25) is 14.9 Å². The molecule has 0 unspecified atom stereocenters. The Kier molecular flexibility index (Phi) is 4.74. The number of carbonyl (C=O) groups excluding carboxylic acids is 1. The molecule has 0 spiro atoms. The molecule has 0 aliphatic rings. The van der Waals surface area contributed by atoms with E-state index in [4.69, 9.17) is 27.6 Å². The zero-order valence-corrected chi connectivity index (χ0v) is 14.0. The van der Waals surface area contributed by atoms with Gasteiger partial charge in [0.1, 0.15) is 5.76 Å². The molecule has 0 bridgehead atoms. The zero-order valence-electron chi connectivity index (χ0n) is 12.5. The van der Waals surface area contributed by atoms with Gasteiger partial charge in [0, 0.05) is 17.7 Å². The molecule has 0 saturated heterocycles. The molecule has 0 radical (unpaired) electrons. The molecule has 0 aliphatic heterocycles. The number of nitrogens with zero attached hydrogens (tertiary/aromatic N) is 1. The second kappa shape index (κ2) is 6.96. The Hall–Kier alpha value is -2.83. The highest BCUT2D eigenvalue weighted by atomic mass is 35.5. The molecule has 6 nitrogen and oxygen atoms in total. The van der Waals surface area contributed by atoms with Crippen LogP contribution in [0.2, 0.25) is 10.0 Å². The van der Waals surface area contributed by atoms with Crippen LogP contribution in [-0.4, -0.2) is 10.8 Å². The average Bonchev–Trinajstić information content (AvgIpc) is 3.07. The summed E-state index contributed by atoms with van der Waals surface area (Å²) in [5, 5.41) is 13.8.